The van der Waals surface area contributed by atoms with Crippen LogP contribution in [0.2, 0.25) is 0 Å². The number of benzene rings is 1. The van der Waals surface area contributed by atoms with Crippen molar-refractivity contribution in [3.8, 4) is 0 Å². The lowest BCUT2D eigenvalue weighted by Gasteiger charge is -2.28. The zero-order valence-corrected chi connectivity index (χ0v) is 13.0. The smallest absolute Gasteiger partial charge is 0.225 e. The number of nitrogens with one attached hydrogen (secondary N) is 2. The first kappa shape index (κ1) is 15.5. The molecule has 0 spiro atoms. The van der Waals surface area contributed by atoms with Crippen LogP contribution >= 0.6 is 0 Å². The number of hydrogen-bond donors (Lipinski definition) is 2. The van der Waals surface area contributed by atoms with Crippen molar-refractivity contribution in [1.82, 2.24) is 10.6 Å². The SMILES string of the molecule is CC(C)(C)CC(NC(=O)C1CNC(=O)C1)c1ccccc1. The van der Waals surface area contributed by atoms with Gasteiger partial charge < -0.3 is 10.6 Å². The maximum absolute atomic E-state index is 12.4. The van der Waals surface area contributed by atoms with Gasteiger partial charge >= 0.3 is 0 Å². The van der Waals surface area contributed by atoms with E-state index in [1.807, 2.05) is 30.3 Å². The lowest BCUT2D eigenvalue weighted by Crippen LogP contribution is -2.36. The molecule has 0 saturated carbocycles. The molecule has 4 heteroatoms. The lowest BCUT2D eigenvalue weighted by molar-refractivity contribution is -0.127. The van der Waals surface area contributed by atoms with E-state index in [9.17, 15) is 9.59 Å². The van der Waals surface area contributed by atoms with Crippen molar-refractivity contribution in [1.29, 1.82) is 0 Å². The zero-order valence-electron chi connectivity index (χ0n) is 13.0. The quantitative estimate of drug-likeness (QED) is 0.894. The standard InChI is InChI=1S/C17H24N2O2/c1-17(2,3)10-14(12-7-5-4-6-8-12)19-16(21)13-9-15(20)18-11-13/h4-8,13-14H,9-11H2,1-3H3,(H,18,20)(H,19,21). The molecule has 0 bridgehead atoms. The Morgan fingerprint density at radius 2 is 2.00 bits per heavy atom. The van der Waals surface area contributed by atoms with Gasteiger partial charge in [0.15, 0.2) is 0 Å². The summed E-state index contributed by atoms with van der Waals surface area (Å²) in [7, 11) is 0. The minimum atomic E-state index is -0.247. The second kappa shape index (κ2) is 6.29. The highest BCUT2D eigenvalue weighted by atomic mass is 16.2. The Bertz CT molecular complexity index is 505. The minimum Gasteiger partial charge on any atom is -0.355 e. The molecule has 21 heavy (non-hydrogen) atoms. The topological polar surface area (TPSA) is 58.2 Å². The summed E-state index contributed by atoms with van der Waals surface area (Å²) in [5.74, 6) is -0.322. The van der Waals surface area contributed by atoms with Crippen molar-refractivity contribution in [3.05, 3.63) is 35.9 Å². The third-order valence-corrected chi connectivity index (χ3v) is 3.68. The molecule has 2 rings (SSSR count). The molecular formula is C17H24N2O2. The maximum Gasteiger partial charge on any atom is 0.225 e. The summed E-state index contributed by atoms with van der Waals surface area (Å²) < 4.78 is 0. The van der Waals surface area contributed by atoms with Crippen LogP contribution in [-0.4, -0.2) is 18.4 Å². The number of carbonyl (C=O) groups excluding carboxylic acids is 2. The number of carbonyl (C=O) groups is 2. The van der Waals surface area contributed by atoms with E-state index < -0.39 is 0 Å². The van der Waals surface area contributed by atoms with E-state index in [2.05, 4.69) is 31.4 Å². The fourth-order valence-electron chi connectivity index (χ4n) is 2.63. The van der Waals surface area contributed by atoms with Crippen molar-refractivity contribution in [2.24, 2.45) is 11.3 Å². The molecule has 1 heterocycles. The summed E-state index contributed by atoms with van der Waals surface area (Å²) in [5, 5.41) is 5.83. The van der Waals surface area contributed by atoms with Gasteiger partial charge in [-0.15, -0.1) is 0 Å². The summed E-state index contributed by atoms with van der Waals surface area (Å²) >= 11 is 0. The largest absolute Gasteiger partial charge is 0.355 e. The normalized spacial score (nSPS) is 20.0. The van der Waals surface area contributed by atoms with Gasteiger partial charge in [-0.1, -0.05) is 51.1 Å². The number of rotatable bonds is 4. The highest BCUT2D eigenvalue weighted by Gasteiger charge is 2.30. The van der Waals surface area contributed by atoms with Gasteiger partial charge in [-0.3, -0.25) is 9.59 Å². The Kier molecular flexibility index (Phi) is 4.66. The Balaban J connectivity index is 2.09. The Hall–Kier alpha value is -1.84. The van der Waals surface area contributed by atoms with Crippen LogP contribution in [0.4, 0.5) is 0 Å². The van der Waals surface area contributed by atoms with Crippen LogP contribution in [0.1, 0.15) is 45.2 Å². The van der Waals surface area contributed by atoms with Crippen LogP contribution in [0.15, 0.2) is 30.3 Å². The Labute approximate surface area is 126 Å². The van der Waals surface area contributed by atoms with E-state index in [1.54, 1.807) is 0 Å². The summed E-state index contributed by atoms with van der Waals surface area (Å²) in [5.41, 5.74) is 1.22. The Morgan fingerprint density at radius 3 is 2.52 bits per heavy atom. The van der Waals surface area contributed by atoms with E-state index in [4.69, 9.17) is 0 Å². The first-order valence-corrected chi connectivity index (χ1v) is 7.47. The molecule has 0 aliphatic carbocycles. The molecular weight excluding hydrogens is 264 g/mol. The average Bonchev–Trinajstić information content (AvgIpc) is 2.84. The second-order valence-corrected chi connectivity index (χ2v) is 6.94. The van der Waals surface area contributed by atoms with Gasteiger partial charge in [-0.2, -0.15) is 0 Å². The van der Waals surface area contributed by atoms with E-state index in [0.29, 0.717) is 13.0 Å². The number of amides is 2. The second-order valence-electron chi connectivity index (χ2n) is 6.94. The first-order chi connectivity index (χ1) is 9.85. The summed E-state index contributed by atoms with van der Waals surface area (Å²) in [6, 6.07) is 9.99. The van der Waals surface area contributed by atoms with Crippen molar-refractivity contribution in [3.63, 3.8) is 0 Å². The summed E-state index contributed by atoms with van der Waals surface area (Å²) in [4.78, 5) is 23.6. The van der Waals surface area contributed by atoms with Crippen LogP contribution in [-0.2, 0) is 9.59 Å². The minimum absolute atomic E-state index is 0.0191. The molecule has 2 N–H and O–H groups in total. The fourth-order valence-corrected chi connectivity index (χ4v) is 2.63. The summed E-state index contributed by atoms with van der Waals surface area (Å²) in [6.07, 6.45) is 1.15. The van der Waals surface area contributed by atoms with E-state index >= 15 is 0 Å². The zero-order chi connectivity index (χ0) is 15.5. The molecule has 2 atom stereocenters. The van der Waals surface area contributed by atoms with Crippen LogP contribution in [0.3, 0.4) is 0 Å². The molecule has 0 radical (unpaired) electrons. The molecule has 1 fully saturated rings. The Morgan fingerprint density at radius 1 is 1.33 bits per heavy atom. The predicted octanol–water partition coefficient (Wildman–Crippen LogP) is 2.42. The van der Waals surface area contributed by atoms with E-state index in [1.165, 1.54) is 0 Å². The highest BCUT2D eigenvalue weighted by molar-refractivity contribution is 5.89. The van der Waals surface area contributed by atoms with Gasteiger partial charge in [-0.05, 0) is 17.4 Å². The van der Waals surface area contributed by atoms with Crippen LogP contribution < -0.4 is 10.6 Å². The third-order valence-electron chi connectivity index (χ3n) is 3.68. The molecule has 1 aliphatic rings. The average molecular weight is 288 g/mol. The molecule has 1 aromatic carbocycles. The van der Waals surface area contributed by atoms with E-state index in [-0.39, 0.29) is 29.2 Å². The van der Waals surface area contributed by atoms with Crippen LogP contribution in [0.5, 0.6) is 0 Å². The van der Waals surface area contributed by atoms with Crippen molar-refractivity contribution >= 4 is 11.8 Å². The highest BCUT2D eigenvalue weighted by Crippen LogP contribution is 2.29. The van der Waals surface area contributed by atoms with Gasteiger partial charge in [0, 0.05) is 13.0 Å². The molecule has 2 unspecified atom stereocenters. The van der Waals surface area contributed by atoms with E-state index in [0.717, 1.165) is 12.0 Å². The van der Waals surface area contributed by atoms with Crippen LogP contribution in [0.25, 0.3) is 0 Å². The monoisotopic (exact) mass is 288 g/mol. The first-order valence-electron chi connectivity index (χ1n) is 7.47. The van der Waals surface area contributed by atoms with Crippen molar-refractivity contribution < 1.29 is 9.59 Å². The van der Waals surface area contributed by atoms with Crippen molar-refractivity contribution in [2.45, 2.75) is 39.7 Å². The lowest BCUT2D eigenvalue weighted by atomic mass is 9.85. The molecule has 0 aromatic heterocycles. The molecule has 1 saturated heterocycles. The third kappa shape index (κ3) is 4.59. The van der Waals surface area contributed by atoms with Crippen molar-refractivity contribution in [2.75, 3.05) is 6.54 Å². The molecule has 1 aliphatic heterocycles. The van der Waals surface area contributed by atoms with Gasteiger partial charge in [0.2, 0.25) is 11.8 Å². The number of hydrogen-bond acceptors (Lipinski definition) is 2. The van der Waals surface area contributed by atoms with Gasteiger partial charge in [0.25, 0.3) is 0 Å². The maximum atomic E-state index is 12.4. The summed E-state index contributed by atoms with van der Waals surface area (Å²) in [6.45, 7) is 6.93. The fraction of sp³-hybridized carbons (Fsp3) is 0.529. The predicted molar refractivity (Wildman–Crippen MR) is 82.5 cm³/mol. The van der Waals surface area contributed by atoms with Gasteiger partial charge in [0.1, 0.15) is 0 Å². The van der Waals surface area contributed by atoms with Gasteiger partial charge in [0.05, 0.1) is 12.0 Å². The molecule has 114 valence electrons. The van der Waals surface area contributed by atoms with Crippen LogP contribution in [0, 0.1) is 11.3 Å². The van der Waals surface area contributed by atoms with Gasteiger partial charge in [-0.25, -0.2) is 0 Å². The molecule has 4 nitrogen and oxygen atoms in total. The molecule has 2 amide bonds. The molecule has 1 aromatic rings.